The highest BCUT2D eigenvalue weighted by Crippen LogP contribution is 2.54. The van der Waals surface area contributed by atoms with E-state index in [2.05, 4.69) is 0 Å². The Hall–Kier alpha value is -1.06. The number of carbonyl (C=O) groups is 2. The minimum atomic E-state index is -0.964. The van der Waals surface area contributed by atoms with Gasteiger partial charge in [-0.3, -0.25) is 9.59 Å². The molecule has 0 aliphatic carbocycles. The van der Waals surface area contributed by atoms with Crippen LogP contribution in [-0.4, -0.2) is 26.2 Å². The van der Waals surface area contributed by atoms with Crippen LogP contribution < -0.4 is 0 Å². The van der Waals surface area contributed by atoms with E-state index >= 15 is 0 Å². The topological polar surface area (TPSA) is 52.6 Å². The van der Waals surface area contributed by atoms with Crippen LogP contribution in [0.15, 0.2) is 0 Å². The predicted octanol–water partition coefficient (Wildman–Crippen LogP) is 2.80. The number of methoxy groups -OCH3 is 2. The van der Waals surface area contributed by atoms with Gasteiger partial charge in [-0.15, -0.1) is 0 Å². The molecule has 4 heteroatoms. The molecule has 1 unspecified atom stereocenters. The molecule has 0 bridgehead atoms. The lowest BCUT2D eigenvalue weighted by atomic mass is 9.53. The Morgan fingerprint density at radius 2 is 1.28 bits per heavy atom. The van der Waals surface area contributed by atoms with Crippen LogP contribution in [-0.2, 0) is 19.1 Å². The average Bonchev–Trinajstić information content (AvgIpc) is 2.34. The normalized spacial score (nSPS) is 15.8. The van der Waals surface area contributed by atoms with Gasteiger partial charge in [-0.1, -0.05) is 20.8 Å². The number of ether oxygens (including phenoxy) is 2. The molecule has 0 aliphatic heterocycles. The maximum atomic E-state index is 12.3. The summed E-state index contributed by atoms with van der Waals surface area (Å²) < 4.78 is 9.79. The van der Waals surface area contributed by atoms with Crippen molar-refractivity contribution in [2.45, 2.75) is 48.0 Å². The maximum Gasteiger partial charge on any atom is 0.313 e. The number of esters is 2. The third-order valence-electron chi connectivity index (χ3n) is 4.78. The molecular weight excluding hydrogens is 232 g/mol. The smallest absolute Gasteiger partial charge is 0.313 e. The molecule has 0 aromatic carbocycles. The highest BCUT2D eigenvalue weighted by Gasteiger charge is 2.60. The van der Waals surface area contributed by atoms with Crippen LogP contribution in [0.5, 0.6) is 0 Å². The molecule has 0 N–H and O–H groups in total. The molecule has 106 valence electrons. The Morgan fingerprint density at radius 1 is 0.889 bits per heavy atom. The Balaban J connectivity index is 5.94. The lowest BCUT2D eigenvalue weighted by Gasteiger charge is -2.49. The van der Waals surface area contributed by atoms with Gasteiger partial charge in [0.25, 0.3) is 0 Å². The molecule has 0 amide bonds. The summed E-state index contributed by atoms with van der Waals surface area (Å²) in [5.41, 5.74) is -2.32. The molecule has 0 saturated heterocycles. The molecule has 0 heterocycles. The van der Waals surface area contributed by atoms with Gasteiger partial charge in [-0.25, -0.2) is 0 Å². The van der Waals surface area contributed by atoms with E-state index in [0.29, 0.717) is 0 Å². The number of rotatable bonds is 5. The van der Waals surface area contributed by atoms with Gasteiger partial charge in [0.2, 0.25) is 0 Å². The SMILES string of the molecule is CCC(C)(C)C(C)(C(=O)OC)C(C)(C)C(=O)OC. The van der Waals surface area contributed by atoms with Crippen LogP contribution in [0.25, 0.3) is 0 Å². The fourth-order valence-electron chi connectivity index (χ4n) is 2.39. The molecule has 0 aromatic heterocycles. The van der Waals surface area contributed by atoms with E-state index in [1.54, 1.807) is 20.8 Å². The largest absolute Gasteiger partial charge is 0.469 e. The monoisotopic (exact) mass is 258 g/mol. The summed E-state index contributed by atoms with van der Waals surface area (Å²) in [5.74, 6) is -0.790. The van der Waals surface area contributed by atoms with Crippen molar-refractivity contribution in [1.29, 1.82) is 0 Å². The van der Waals surface area contributed by atoms with Crippen molar-refractivity contribution >= 4 is 11.9 Å². The second-order valence-electron chi connectivity index (χ2n) is 5.97. The van der Waals surface area contributed by atoms with E-state index < -0.39 is 22.2 Å². The summed E-state index contributed by atoms with van der Waals surface area (Å²) >= 11 is 0. The molecule has 0 fully saturated rings. The molecule has 1 atom stereocenters. The summed E-state index contributed by atoms with van der Waals surface area (Å²) in [6, 6.07) is 0. The average molecular weight is 258 g/mol. The van der Waals surface area contributed by atoms with E-state index in [0.717, 1.165) is 6.42 Å². The van der Waals surface area contributed by atoms with Crippen molar-refractivity contribution in [1.82, 2.24) is 0 Å². The number of hydrogen-bond acceptors (Lipinski definition) is 4. The van der Waals surface area contributed by atoms with Gasteiger partial charge in [0.15, 0.2) is 0 Å². The van der Waals surface area contributed by atoms with E-state index in [-0.39, 0.29) is 5.97 Å². The highest BCUT2D eigenvalue weighted by atomic mass is 16.5. The summed E-state index contributed by atoms with van der Waals surface area (Å²) in [4.78, 5) is 24.3. The standard InChI is InChI=1S/C14H26O4/c1-9-12(2,3)14(6,11(16)18-8)13(4,5)10(15)17-7/h9H2,1-8H3. The van der Waals surface area contributed by atoms with Crippen molar-refractivity contribution in [3.8, 4) is 0 Å². The van der Waals surface area contributed by atoms with E-state index in [1.807, 2.05) is 20.8 Å². The maximum absolute atomic E-state index is 12.3. The minimum absolute atomic E-state index is 0.384. The van der Waals surface area contributed by atoms with E-state index in [1.165, 1.54) is 14.2 Å². The number of carbonyl (C=O) groups excluding carboxylic acids is 2. The summed E-state index contributed by atoms with van der Waals surface area (Å²) in [6.45, 7) is 11.2. The molecule has 0 radical (unpaired) electrons. The van der Waals surface area contributed by atoms with Gasteiger partial charge in [0, 0.05) is 0 Å². The Labute approximate surface area is 110 Å². The van der Waals surface area contributed by atoms with Crippen LogP contribution in [0.3, 0.4) is 0 Å². The third kappa shape index (κ3) is 2.25. The first kappa shape index (κ1) is 16.9. The van der Waals surface area contributed by atoms with E-state index in [4.69, 9.17) is 9.47 Å². The first-order valence-corrected chi connectivity index (χ1v) is 6.19. The highest BCUT2D eigenvalue weighted by molar-refractivity contribution is 5.88. The van der Waals surface area contributed by atoms with Crippen LogP contribution in [0.2, 0.25) is 0 Å². The zero-order valence-electron chi connectivity index (χ0n) is 12.8. The summed E-state index contributed by atoms with van der Waals surface area (Å²) in [7, 11) is 2.68. The summed E-state index contributed by atoms with van der Waals surface area (Å²) in [5, 5.41) is 0. The van der Waals surface area contributed by atoms with Gasteiger partial charge < -0.3 is 9.47 Å². The Bertz CT molecular complexity index is 331. The van der Waals surface area contributed by atoms with Crippen LogP contribution >= 0.6 is 0 Å². The Kier molecular flexibility index (Phi) is 4.98. The zero-order valence-corrected chi connectivity index (χ0v) is 12.8. The zero-order chi connectivity index (χ0) is 14.8. The molecule has 18 heavy (non-hydrogen) atoms. The van der Waals surface area contributed by atoms with E-state index in [9.17, 15) is 9.59 Å². The van der Waals surface area contributed by atoms with Crippen molar-refractivity contribution in [2.24, 2.45) is 16.2 Å². The lowest BCUT2D eigenvalue weighted by Crippen LogP contribution is -2.56. The Morgan fingerprint density at radius 3 is 1.56 bits per heavy atom. The van der Waals surface area contributed by atoms with Crippen LogP contribution in [0.4, 0.5) is 0 Å². The van der Waals surface area contributed by atoms with Gasteiger partial charge in [-0.2, -0.15) is 0 Å². The molecule has 0 rings (SSSR count). The fourth-order valence-corrected chi connectivity index (χ4v) is 2.39. The van der Waals surface area contributed by atoms with Crippen molar-refractivity contribution in [2.75, 3.05) is 14.2 Å². The first-order chi connectivity index (χ1) is 8.02. The van der Waals surface area contributed by atoms with Crippen molar-refractivity contribution < 1.29 is 19.1 Å². The lowest BCUT2D eigenvalue weighted by molar-refractivity contribution is -0.186. The molecule has 0 aliphatic rings. The fraction of sp³-hybridized carbons (Fsp3) is 0.857. The van der Waals surface area contributed by atoms with Gasteiger partial charge in [0.05, 0.1) is 25.0 Å². The van der Waals surface area contributed by atoms with Crippen molar-refractivity contribution in [3.63, 3.8) is 0 Å². The van der Waals surface area contributed by atoms with Crippen LogP contribution in [0, 0.1) is 16.2 Å². The second kappa shape index (κ2) is 5.29. The van der Waals surface area contributed by atoms with Gasteiger partial charge >= 0.3 is 11.9 Å². The van der Waals surface area contributed by atoms with Crippen LogP contribution in [0.1, 0.15) is 48.0 Å². The number of hydrogen-bond donors (Lipinski definition) is 0. The van der Waals surface area contributed by atoms with Gasteiger partial charge in [0.1, 0.15) is 0 Å². The predicted molar refractivity (Wildman–Crippen MR) is 70.0 cm³/mol. The van der Waals surface area contributed by atoms with Gasteiger partial charge in [-0.05, 0) is 32.6 Å². The first-order valence-electron chi connectivity index (χ1n) is 6.19. The molecule has 0 saturated carbocycles. The minimum Gasteiger partial charge on any atom is -0.469 e. The second-order valence-corrected chi connectivity index (χ2v) is 5.97. The summed E-state index contributed by atoms with van der Waals surface area (Å²) in [6.07, 6.45) is 0.749. The third-order valence-corrected chi connectivity index (χ3v) is 4.78. The molecular formula is C14H26O4. The molecule has 4 nitrogen and oxygen atoms in total. The molecule has 0 spiro atoms. The molecule has 0 aromatic rings. The quantitative estimate of drug-likeness (QED) is 0.711. The van der Waals surface area contributed by atoms with Crippen molar-refractivity contribution in [3.05, 3.63) is 0 Å².